The Hall–Kier alpha value is -3.27. The molecule has 3 rings (SSSR count). The number of hydrogen-bond acceptors (Lipinski definition) is 3. The molecule has 0 unspecified atom stereocenters. The molecule has 27 heavy (non-hydrogen) atoms. The van der Waals surface area contributed by atoms with Crippen LogP contribution in [0, 0.1) is 0 Å². The van der Waals surface area contributed by atoms with Crippen molar-refractivity contribution in [3.63, 3.8) is 0 Å². The second-order valence-electron chi connectivity index (χ2n) is 6.05. The van der Waals surface area contributed by atoms with Gasteiger partial charge < -0.3 is 14.8 Å². The van der Waals surface area contributed by atoms with Crippen LogP contribution in [0.5, 0.6) is 11.5 Å². The highest BCUT2D eigenvalue weighted by molar-refractivity contribution is 5.94. The van der Waals surface area contributed by atoms with Crippen LogP contribution in [0.1, 0.15) is 34.5 Å². The summed E-state index contributed by atoms with van der Waals surface area (Å²) in [5.41, 5.74) is 2.58. The summed E-state index contributed by atoms with van der Waals surface area (Å²) < 4.78 is 10.8. The summed E-state index contributed by atoms with van der Waals surface area (Å²) in [6.45, 7) is 2.57. The van der Waals surface area contributed by atoms with E-state index in [-0.39, 0.29) is 11.9 Å². The smallest absolute Gasteiger partial charge is 0.252 e. The van der Waals surface area contributed by atoms with E-state index in [4.69, 9.17) is 9.47 Å². The van der Waals surface area contributed by atoms with E-state index in [0.717, 1.165) is 22.6 Å². The monoisotopic (exact) mass is 361 g/mol. The zero-order valence-electron chi connectivity index (χ0n) is 15.5. The van der Waals surface area contributed by atoms with E-state index in [9.17, 15) is 4.79 Å². The molecule has 4 heteroatoms. The molecule has 0 saturated carbocycles. The summed E-state index contributed by atoms with van der Waals surface area (Å²) in [4.78, 5) is 12.7. The number of amides is 1. The molecule has 4 nitrogen and oxygen atoms in total. The maximum Gasteiger partial charge on any atom is 0.252 e. The zero-order chi connectivity index (χ0) is 19.1. The van der Waals surface area contributed by atoms with Crippen molar-refractivity contribution >= 4 is 5.91 Å². The van der Waals surface area contributed by atoms with Crippen molar-refractivity contribution in [3.05, 3.63) is 95.6 Å². The fourth-order valence-electron chi connectivity index (χ4n) is 2.88. The molecule has 0 heterocycles. The van der Waals surface area contributed by atoms with Gasteiger partial charge in [0, 0.05) is 5.56 Å². The van der Waals surface area contributed by atoms with Gasteiger partial charge in [0.2, 0.25) is 0 Å². The molecule has 0 fully saturated rings. The van der Waals surface area contributed by atoms with Crippen molar-refractivity contribution in [2.75, 3.05) is 13.7 Å². The van der Waals surface area contributed by atoms with Crippen LogP contribution in [0.2, 0.25) is 0 Å². The number of benzene rings is 3. The number of carbonyl (C=O) groups is 1. The molecule has 1 atom stereocenters. The fourth-order valence-corrected chi connectivity index (χ4v) is 2.88. The molecule has 0 bridgehead atoms. The molecule has 0 radical (unpaired) electrons. The van der Waals surface area contributed by atoms with Gasteiger partial charge in [0.15, 0.2) is 0 Å². The highest BCUT2D eigenvalue weighted by Gasteiger charge is 2.18. The van der Waals surface area contributed by atoms with Crippen LogP contribution >= 0.6 is 0 Å². The van der Waals surface area contributed by atoms with Crippen LogP contribution in [-0.2, 0) is 0 Å². The Morgan fingerprint density at radius 3 is 1.93 bits per heavy atom. The highest BCUT2D eigenvalue weighted by atomic mass is 16.5. The molecule has 0 aliphatic heterocycles. The van der Waals surface area contributed by atoms with Crippen molar-refractivity contribution in [3.8, 4) is 11.5 Å². The number of ether oxygens (including phenoxy) is 2. The van der Waals surface area contributed by atoms with E-state index in [2.05, 4.69) is 5.32 Å². The van der Waals surface area contributed by atoms with Crippen molar-refractivity contribution < 1.29 is 14.3 Å². The lowest BCUT2D eigenvalue weighted by Crippen LogP contribution is -2.29. The Morgan fingerprint density at radius 1 is 0.852 bits per heavy atom. The molecule has 3 aromatic rings. The van der Waals surface area contributed by atoms with Crippen molar-refractivity contribution in [1.82, 2.24) is 5.32 Å². The second-order valence-corrected chi connectivity index (χ2v) is 6.05. The van der Waals surface area contributed by atoms with Crippen LogP contribution in [0.4, 0.5) is 0 Å². The van der Waals surface area contributed by atoms with E-state index < -0.39 is 0 Å². The average molecular weight is 361 g/mol. The maximum atomic E-state index is 12.7. The first kappa shape index (κ1) is 18.5. The topological polar surface area (TPSA) is 47.6 Å². The van der Waals surface area contributed by atoms with Crippen molar-refractivity contribution in [2.45, 2.75) is 13.0 Å². The molecule has 0 aliphatic carbocycles. The second kappa shape index (κ2) is 8.90. The summed E-state index contributed by atoms with van der Waals surface area (Å²) in [6.07, 6.45) is 0. The Labute approximate surface area is 159 Å². The number of hydrogen-bond donors (Lipinski definition) is 1. The summed E-state index contributed by atoms with van der Waals surface area (Å²) in [5, 5.41) is 3.13. The Kier molecular flexibility index (Phi) is 6.10. The number of carbonyl (C=O) groups excluding carboxylic acids is 1. The molecule has 0 spiro atoms. The van der Waals surface area contributed by atoms with E-state index in [0.29, 0.717) is 12.2 Å². The lowest BCUT2D eigenvalue weighted by molar-refractivity contribution is 0.0943. The minimum atomic E-state index is -0.278. The first-order valence-electron chi connectivity index (χ1n) is 8.94. The third-order valence-electron chi connectivity index (χ3n) is 4.28. The van der Waals surface area contributed by atoms with Crippen LogP contribution in [-0.4, -0.2) is 19.6 Å². The van der Waals surface area contributed by atoms with Gasteiger partial charge in [-0.25, -0.2) is 0 Å². The van der Waals surface area contributed by atoms with Crippen molar-refractivity contribution in [1.29, 1.82) is 0 Å². The van der Waals surface area contributed by atoms with Crippen molar-refractivity contribution in [2.24, 2.45) is 0 Å². The summed E-state index contributed by atoms with van der Waals surface area (Å²) >= 11 is 0. The van der Waals surface area contributed by atoms with Crippen LogP contribution < -0.4 is 14.8 Å². The van der Waals surface area contributed by atoms with Crippen LogP contribution in [0.3, 0.4) is 0 Å². The van der Waals surface area contributed by atoms with Gasteiger partial charge in [0.25, 0.3) is 5.91 Å². The normalized spacial score (nSPS) is 11.5. The predicted molar refractivity (Wildman–Crippen MR) is 106 cm³/mol. The van der Waals surface area contributed by atoms with Gasteiger partial charge in [-0.05, 0) is 54.4 Å². The SMILES string of the molecule is CCOc1ccc([C@H](NC(=O)c2ccccc2)c2ccc(OC)cc2)cc1. The molecule has 3 aromatic carbocycles. The number of rotatable bonds is 7. The molecular formula is C23H23NO3. The van der Waals surface area contributed by atoms with Gasteiger partial charge in [-0.3, -0.25) is 4.79 Å². The summed E-state index contributed by atoms with van der Waals surface area (Å²) in [6, 6.07) is 24.4. The molecular weight excluding hydrogens is 338 g/mol. The molecule has 0 saturated heterocycles. The Balaban J connectivity index is 1.91. The molecule has 0 aliphatic rings. The lowest BCUT2D eigenvalue weighted by Gasteiger charge is -2.20. The van der Waals surface area contributed by atoms with Gasteiger partial charge in [-0.1, -0.05) is 42.5 Å². The van der Waals surface area contributed by atoms with Crippen LogP contribution in [0.25, 0.3) is 0 Å². The standard InChI is InChI=1S/C23H23NO3/c1-3-27-21-15-11-18(12-16-21)22(17-9-13-20(26-2)14-10-17)24-23(25)19-7-5-4-6-8-19/h4-16,22H,3H2,1-2H3,(H,24,25)/t22-/m1/s1. The van der Waals surface area contributed by atoms with Gasteiger partial charge in [0.1, 0.15) is 11.5 Å². The Bertz CT molecular complexity index is 858. The Morgan fingerprint density at radius 2 is 1.41 bits per heavy atom. The molecule has 138 valence electrons. The van der Waals surface area contributed by atoms with E-state index in [1.807, 2.05) is 73.7 Å². The predicted octanol–water partition coefficient (Wildman–Crippen LogP) is 4.61. The summed E-state index contributed by atoms with van der Waals surface area (Å²) in [5.74, 6) is 1.47. The highest BCUT2D eigenvalue weighted by Crippen LogP contribution is 2.26. The fraction of sp³-hybridized carbons (Fsp3) is 0.174. The van der Waals surface area contributed by atoms with Gasteiger partial charge in [0.05, 0.1) is 19.8 Å². The largest absolute Gasteiger partial charge is 0.497 e. The third kappa shape index (κ3) is 4.67. The zero-order valence-corrected chi connectivity index (χ0v) is 15.5. The molecule has 1 amide bonds. The van der Waals surface area contributed by atoms with Crippen LogP contribution in [0.15, 0.2) is 78.9 Å². The average Bonchev–Trinajstić information content (AvgIpc) is 2.73. The minimum absolute atomic E-state index is 0.120. The number of nitrogens with one attached hydrogen (secondary N) is 1. The third-order valence-corrected chi connectivity index (χ3v) is 4.28. The first-order valence-corrected chi connectivity index (χ1v) is 8.94. The first-order chi connectivity index (χ1) is 13.2. The van der Waals surface area contributed by atoms with Gasteiger partial charge in [-0.2, -0.15) is 0 Å². The summed E-state index contributed by atoms with van der Waals surface area (Å²) in [7, 11) is 1.64. The van der Waals surface area contributed by atoms with E-state index in [1.165, 1.54) is 0 Å². The van der Waals surface area contributed by atoms with Gasteiger partial charge in [-0.15, -0.1) is 0 Å². The molecule has 0 aromatic heterocycles. The quantitative estimate of drug-likeness (QED) is 0.668. The minimum Gasteiger partial charge on any atom is -0.497 e. The number of methoxy groups -OCH3 is 1. The van der Waals surface area contributed by atoms with E-state index >= 15 is 0 Å². The van der Waals surface area contributed by atoms with Gasteiger partial charge >= 0.3 is 0 Å². The maximum absolute atomic E-state index is 12.7. The lowest BCUT2D eigenvalue weighted by atomic mass is 9.98. The van der Waals surface area contributed by atoms with E-state index in [1.54, 1.807) is 19.2 Å². The molecule has 1 N–H and O–H groups in total.